The zero-order valence-electron chi connectivity index (χ0n) is 13.0. The Morgan fingerprint density at radius 2 is 1.77 bits per heavy atom. The number of nitrogens with zero attached hydrogens (tertiary/aromatic N) is 2. The van der Waals surface area contributed by atoms with Crippen LogP contribution in [0.2, 0.25) is 0 Å². The van der Waals surface area contributed by atoms with Crippen LogP contribution in [0.4, 0.5) is 10.9 Å². The molecule has 2 heterocycles. The van der Waals surface area contributed by atoms with Crippen molar-refractivity contribution in [2.75, 3.05) is 5.32 Å². The van der Waals surface area contributed by atoms with E-state index in [2.05, 4.69) is 58.8 Å². The first-order valence-electron chi connectivity index (χ1n) is 7.38. The van der Waals surface area contributed by atoms with Gasteiger partial charge in [-0.05, 0) is 30.5 Å². The topological polar surface area (TPSA) is 37.8 Å². The van der Waals surface area contributed by atoms with Crippen molar-refractivity contribution < 1.29 is 0 Å². The Bertz CT molecular complexity index is 760. The van der Waals surface area contributed by atoms with Crippen LogP contribution in [0.25, 0.3) is 11.3 Å². The summed E-state index contributed by atoms with van der Waals surface area (Å²) in [5.41, 5.74) is 4.48. The average molecular weight is 309 g/mol. The molecule has 0 bridgehead atoms. The number of pyridine rings is 1. The highest BCUT2D eigenvalue weighted by Crippen LogP contribution is 2.27. The maximum absolute atomic E-state index is 4.65. The molecular formula is C18H19N3S. The largest absolute Gasteiger partial charge is 0.316 e. The van der Waals surface area contributed by atoms with Crippen molar-refractivity contribution in [3.63, 3.8) is 0 Å². The fraction of sp³-hybridized carbons (Fsp3) is 0.222. The Hall–Kier alpha value is -2.20. The molecule has 3 aromatic rings. The highest BCUT2D eigenvalue weighted by Gasteiger charge is 2.06. The molecule has 3 nitrogen and oxygen atoms in total. The van der Waals surface area contributed by atoms with Crippen molar-refractivity contribution in [1.82, 2.24) is 9.97 Å². The SMILES string of the molecule is Cc1cccc(Nc2nc(-c3ccc(C(C)C)cc3)cs2)n1. The van der Waals surface area contributed by atoms with Gasteiger partial charge in [-0.3, -0.25) is 0 Å². The first-order valence-corrected chi connectivity index (χ1v) is 8.26. The minimum atomic E-state index is 0.550. The summed E-state index contributed by atoms with van der Waals surface area (Å²) in [6, 6.07) is 14.5. The third kappa shape index (κ3) is 3.34. The molecule has 0 saturated carbocycles. The first kappa shape index (κ1) is 14.7. The van der Waals surface area contributed by atoms with Gasteiger partial charge in [0.2, 0.25) is 0 Å². The van der Waals surface area contributed by atoms with Gasteiger partial charge in [0.05, 0.1) is 5.69 Å². The van der Waals surface area contributed by atoms with Gasteiger partial charge in [0.15, 0.2) is 5.13 Å². The minimum absolute atomic E-state index is 0.550. The lowest BCUT2D eigenvalue weighted by Crippen LogP contribution is -1.94. The normalized spacial score (nSPS) is 10.9. The molecule has 1 aromatic carbocycles. The number of anilines is 2. The molecule has 0 aliphatic carbocycles. The Labute approximate surface area is 135 Å². The van der Waals surface area contributed by atoms with Gasteiger partial charge >= 0.3 is 0 Å². The lowest BCUT2D eigenvalue weighted by molar-refractivity contribution is 0.867. The summed E-state index contributed by atoms with van der Waals surface area (Å²) < 4.78 is 0. The van der Waals surface area contributed by atoms with Crippen LogP contribution >= 0.6 is 11.3 Å². The lowest BCUT2D eigenvalue weighted by atomic mass is 10.0. The van der Waals surface area contributed by atoms with E-state index in [4.69, 9.17) is 0 Å². The summed E-state index contributed by atoms with van der Waals surface area (Å²) in [6.45, 7) is 6.39. The van der Waals surface area contributed by atoms with E-state index in [1.165, 1.54) is 5.56 Å². The van der Waals surface area contributed by atoms with E-state index in [9.17, 15) is 0 Å². The monoisotopic (exact) mass is 309 g/mol. The van der Waals surface area contributed by atoms with Gasteiger partial charge in [-0.25, -0.2) is 9.97 Å². The van der Waals surface area contributed by atoms with Gasteiger partial charge in [-0.15, -0.1) is 11.3 Å². The zero-order chi connectivity index (χ0) is 15.5. The van der Waals surface area contributed by atoms with Crippen molar-refractivity contribution in [2.24, 2.45) is 0 Å². The number of nitrogens with one attached hydrogen (secondary N) is 1. The summed E-state index contributed by atoms with van der Waals surface area (Å²) in [7, 11) is 0. The molecule has 4 heteroatoms. The van der Waals surface area contributed by atoms with E-state index in [0.717, 1.165) is 27.9 Å². The highest BCUT2D eigenvalue weighted by molar-refractivity contribution is 7.14. The lowest BCUT2D eigenvalue weighted by Gasteiger charge is -2.05. The quantitative estimate of drug-likeness (QED) is 0.703. The summed E-state index contributed by atoms with van der Waals surface area (Å²) in [6.07, 6.45) is 0. The summed E-state index contributed by atoms with van der Waals surface area (Å²) in [4.78, 5) is 9.08. The molecule has 0 spiro atoms. The van der Waals surface area contributed by atoms with E-state index in [0.29, 0.717) is 5.92 Å². The van der Waals surface area contributed by atoms with Crippen molar-refractivity contribution in [3.8, 4) is 11.3 Å². The smallest absolute Gasteiger partial charge is 0.188 e. The van der Waals surface area contributed by atoms with Crippen LogP contribution in [0.1, 0.15) is 31.0 Å². The van der Waals surface area contributed by atoms with Crippen LogP contribution < -0.4 is 5.32 Å². The number of hydrogen-bond acceptors (Lipinski definition) is 4. The summed E-state index contributed by atoms with van der Waals surface area (Å²) >= 11 is 1.59. The third-order valence-corrected chi connectivity index (χ3v) is 4.26. The van der Waals surface area contributed by atoms with Gasteiger partial charge in [0.1, 0.15) is 5.82 Å². The van der Waals surface area contributed by atoms with Crippen molar-refractivity contribution in [3.05, 3.63) is 59.1 Å². The van der Waals surface area contributed by atoms with Gasteiger partial charge in [0.25, 0.3) is 0 Å². The number of thiazole rings is 1. The number of rotatable bonds is 4. The molecule has 0 saturated heterocycles. The Kier molecular flexibility index (Phi) is 4.20. The Balaban J connectivity index is 1.78. The number of aryl methyl sites for hydroxylation is 1. The Morgan fingerprint density at radius 1 is 1.00 bits per heavy atom. The van der Waals surface area contributed by atoms with Gasteiger partial charge < -0.3 is 5.32 Å². The molecular weight excluding hydrogens is 290 g/mol. The second kappa shape index (κ2) is 6.28. The second-order valence-corrected chi connectivity index (χ2v) is 6.46. The molecule has 0 amide bonds. The Morgan fingerprint density at radius 3 is 2.45 bits per heavy atom. The van der Waals surface area contributed by atoms with Crippen LogP contribution in [0.3, 0.4) is 0 Å². The number of aromatic nitrogens is 2. The fourth-order valence-corrected chi connectivity index (χ4v) is 2.95. The van der Waals surface area contributed by atoms with Gasteiger partial charge in [0, 0.05) is 16.6 Å². The molecule has 0 unspecified atom stereocenters. The van der Waals surface area contributed by atoms with E-state index < -0.39 is 0 Å². The zero-order valence-corrected chi connectivity index (χ0v) is 13.8. The van der Waals surface area contributed by atoms with E-state index in [1.54, 1.807) is 11.3 Å². The van der Waals surface area contributed by atoms with Crippen molar-refractivity contribution >= 4 is 22.3 Å². The van der Waals surface area contributed by atoms with E-state index in [-0.39, 0.29) is 0 Å². The van der Waals surface area contributed by atoms with Crippen LogP contribution in [-0.4, -0.2) is 9.97 Å². The molecule has 3 rings (SSSR count). The molecule has 0 aliphatic heterocycles. The highest BCUT2D eigenvalue weighted by atomic mass is 32.1. The molecule has 0 atom stereocenters. The number of hydrogen-bond donors (Lipinski definition) is 1. The first-order chi connectivity index (χ1) is 10.6. The van der Waals surface area contributed by atoms with Crippen LogP contribution in [0, 0.1) is 6.92 Å². The maximum Gasteiger partial charge on any atom is 0.188 e. The minimum Gasteiger partial charge on any atom is -0.316 e. The maximum atomic E-state index is 4.65. The predicted octanol–water partition coefficient (Wildman–Crippen LogP) is 5.38. The average Bonchev–Trinajstić information content (AvgIpc) is 2.96. The van der Waals surface area contributed by atoms with Crippen LogP contribution in [-0.2, 0) is 0 Å². The molecule has 0 aliphatic rings. The van der Waals surface area contributed by atoms with E-state index in [1.807, 2.05) is 25.1 Å². The number of benzene rings is 1. The standard InChI is InChI=1S/C18H19N3S/c1-12(2)14-7-9-15(10-8-14)16-11-22-18(20-16)21-17-6-4-5-13(3)19-17/h4-12H,1-3H3,(H,19,20,21). The second-order valence-electron chi connectivity index (χ2n) is 5.60. The third-order valence-electron chi connectivity index (χ3n) is 3.50. The fourth-order valence-electron chi connectivity index (χ4n) is 2.22. The van der Waals surface area contributed by atoms with Crippen molar-refractivity contribution in [1.29, 1.82) is 0 Å². The summed E-state index contributed by atoms with van der Waals surface area (Å²) in [5.74, 6) is 1.38. The van der Waals surface area contributed by atoms with Crippen LogP contribution in [0.15, 0.2) is 47.8 Å². The van der Waals surface area contributed by atoms with Crippen molar-refractivity contribution in [2.45, 2.75) is 26.7 Å². The van der Waals surface area contributed by atoms with Crippen LogP contribution in [0.5, 0.6) is 0 Å². The van der Waals surface area contributed by atoms with Gasteiger partial charge in [-0.2, -0.15) is 0 Å². The molecule has 1 N–H and O–H groups in total. The molecule has 2 aromatic heterocycles. The molecule has 112 valence electrons. The molecule has 0 fully saturated rings. The summed E-state index contributed by atoms with van der Waals surface area (Å²) in [5, 5.41) is 6.19. The predicted molar refractivity (Wildman–Crippen MR) is 93.9 cm³/mol. The van der Waals surface area contributed by atoms with E-state index >= 15 is 0 Å². The molecule has 22 heavy (non-hydrogen) atoms. The molecule has 0 radical (unpaired) electrons. The van der Waals surface area contributed by atoms with Gasteiger partial charge in [-0.1, -0.05) is 44.2 Å².